The van der Waals surface area contributed by atoms with Crippen molar-refractivity contribution in [1.29, 1.82) is 0 Å². The first-order chi connectivity index (χ1) is 10.2. The normalized spacial score (nSPS) is 15.3. The van der Waals surface area contributed by atoms with Crippen LogP contribution in [0.5, 0.6) is 11.5 Å². The van der Waals surface area contributed by atoms with Crippen LogP contribution in [0.3, 0.4) is 0 Å². The summed E-state index contributed by atoms with van der Waals surface area (Å²) in [6, 6.07) is 7.49. The van der Waals surface area contributed by atoms with E-state index in [-0.39, 0.29) is 12.0 Å². The van der Waals surface area contributed by atoms with Crippen molar-refractivity contribution >= 4 is 5.91 Å². The Balaban J connectivity index is 1.66. The highest BCUT2D eigenvalue weighted by Crippen LogP contribution is 2.27. The maximum Gasteiger partial charge on any atom is 0.234 e. The lowest BCUT2D eigenvalue weighted by atomic mass is 10.3. The molecule has 0 aromatic heterocycles. The zero-order valence-corrected chi connectivity index (χ0v) is 12.7. The SMILES string of the molecule is COc1ccccc1OC(C)CNC(=O)CNCC1CC1. The van der Waals surface area contributed by atoms with E-state index in [4.69, 9.17) is 9.47 Å². The number of benzene rings is 1. The van der Waals surface area contributed by atoms with Gasteiger partial charge in [-0.15, -0.1) is 0 Å². The first-order valence-electron chi connectivity index (χ1n) is 7.46. The molecule has 0 bridgehead atoms. The number of hydrogen-bond donors (Lipinski definition) is 2. The summed E-state index contributed by atoms with van der Waals surface area (Å²) in [6.07, 6.45) is 2.46. The second-order valence-corrected chi connectivity index (χ2v) is 5.46. The number of methoxy groups -OCH3 is 1. The Bertz CT molecular complexity index is 461. The second kappa shape index (κ2) is 7.88. The fourth-order valence-corrected chi connectivity index (χ4v) is 2.01. The standard InChI is InChI=1S/C16H24N2O3/c1-12(21-15-6-4-3-5-14(15)20-2)9-18-16(19)11-17-10-13-7-8-13/h3-6,12-13,17H,7-11H2,1-2H3,(H,18,19). The summed E-state index contributed by atoms with van der Waals surface area (Å²) >= 11 is 0. The summed E-state index contributed by atoms with van der Waals surface area (Å²) in [5, 5.41) is 6.03. The fraction of sp³-hybridized carbons (Fsp3) is 0.562. The van der Waals surface area contributed by atoms with Crippen LogP contribution in [0, 0.1) is 5.92 Å². The molecule has 1 aromatic rings. The minimum absolute atomic E-state index is 0.00567. The van der Waals surface area contributed by atoms with Gasteiger partial charge < -0.3 is 20.1 Å². The lowest BCUT2D eigenvalue weighted by Gasteiger charge is -2.17. The van der Waals surface area contributed by atoms with Gasteiger partial charge in [-0.3, -0.25) is 4.79 Å². The average Bonchev–Trinajstić information content (AvgIpc) is 3.30. The molecule has 5 heteroatoms. The van der Waals surface area contributed by atoms with Gasteiger partial charge in [-0.05, 0) is 44.4 Å². The number of nitrogens with one attached hydrogen (secondary N) is 2. The Morgan fingerprint density at radius 1 is 1.33 bits per heavy atom. The van der Waals surface area contributed by atoms with E-state index in [1.165, 1.54) is 12.8 Å². The second-order valence-electron chi connectivity index (χ2n) is 5.46. The Morgan fingerprint density at radius 3 is 2.71 bits per heavy atom. The van der Waals surface area contributed by atoms with Crippen LogP contribution in [0.15, 0.2) is 24.3 Å². The number of para-hydroxylation sites is 2. The zero-order chi connectivity index (χ0) is 15.1. The van der Waals surface area contributed by atoms with Crippen LogP contribution in [-0.2, 0) is 4.79 Å². The largest absolute Gasteiger partial charge is 0.493 e. The Morgan fingerprint density at radius 2 is 2.05 bits per heavy atom. The van der Waals surface area contributed by atoms with Gasteiger partial charge in [-0.2, -0.15) is 0 Å². The molecular weight excluding hydrogens is 268 g/mol. The summed E-state index contributed by atoms with van der Waals surface area (Å²) in [5.41, 5.74) is 0. The quantitative estimate of drug-likeness (QED) is 0.725. The monoisotopic (exact) mass is 292 g/mol. The Hall–Kier alpha value is -1.75. The Kier molecular flexibility index (Phi) is 5.87. The highest BCUT2D eigenvalue weighted by molar-refractivity contribution is 5.77. The van der Waals surface area contributed by atoms with Gasteiger partial charge in [0.15, 0.2) is 11.5 Å². The van der Waals surface area contributed by atoms with Crippen LogP contribution >= 0.6 is 0 Å². The maximum atomic E-state index is 11.7. The third-order valence-corrected chi connectivity index (χ3v) is 3.40. The van der Waals surface area contributed by atoms with Crippen LogP contribution in [0.25, 0.3) is 0 Å². The van der Waals surface area contributed by atoms with Crippen molar-refractivity contribution in [2.24, 2.45) is 5.92 Å². The minimum atomic E-state index is -0.117. The average molecular weight is 292 g/mol. The number of amides is 1. The molecule has 1 atom stereocenters. The molecule has 5 nitrogen and oxygen atoms in total. The topological polar surface area (TPSA) is 59.6 Å². The van der Waals surface area contributed by atoms with E-state index in [2.05, 4.69) is 10.6 Å². The molecule has 0 aliphatic heterocycles. The molecule has 1 aromatic carbocycles. The predicted octanol–water partition coefficient (Wildman–Crippen LogP) is 1.58. The van der Waals surface area contributed by atoms with E-state index < -0.39 is 0 Å². The molecule has 2 rings (SSSR count). The molecule has 2 N–H and O–H groups in total. The fourth-order valence-electron chi connectivity index (χ4n) is 2.01. The first-order valence-corrected chi connectivity index (χ1v) is 7.46. The van der Waals surface area contributed by atoms with Crippen molar-refractivity contribution in [1.82, 2.24) is 10.6 Å². The van der Waals surface area contributed by atoms with Crippen LogP contribution < -0.4 is 20.1 Å². The summed E-state index contributed by atoms with van der Waals surface area (Å²) in [7, 11) is 1.61. The van der Waals surface area contributed by atoms with Crippen LogP contribution in [-0.4, -0.2) is 38.8 Å². The number of hydrogen-bond acceptors (Lipinski definition) is 4. The van der Waals surface area contributed by atoms with E-state index in [1.54, 1.807) is 7.11 Å². The van der Waals surface area contributed by atoms with E-state index in [0.29, 0.717) is 24.6 Å². The molecular formula is C16H24N2O3. The summed E-state index contributed by atoms with van der Waals surface area (Å²) in [4.78, 5) is 11.7. The van der Waals surface area contributed by atoms with Crippen molar-refractivity contribution < 1.29 is 14.3 Å². The maximum absolute atomic E-state index is 11.7. The van der Waals surface area contributed by atoms with Crippen LogP contribution in [0.2, 0.25) is 0 Å². The zero-order valence-electron chi connectivity index (χ0n) is 12.7. The number of carbonyl (C=O) groups excluding carboxylic acids is 1. The number of ether oxygens (including phenoxy) is 2. The van der Waals surface area contributed by atoms with E-state index in [0.717, 1.165) is 12.5 Å². The van der Waals surface area contributed by atoms with Gasteiger partial charge in [0, 0.05) is 0 Å². The molecule has 116 valence electrons. The van der Waals surface area contributed by atoms with E-state index >= 15 is 0 Å². The smallest absolute Gasteiger partial charge is 0.234 e. The van der Waals surface area contributed by atoms with Gasteiger partial charge in [0.2, 0.25) is 5.91 Å². The number of carbonyl (C=O) groups is 1. The molecule has 1 amide bonds. The van der Waals surface area contributed by atoms with Crippen molar-refractivity contribution in [3.8, 4) is 11.5 Å². The third kappa shape index (κ3) is 5.63. The van der Waals surface area contributed by atoms with Gasteiger partial charge in [0.05, 0.1) is 20.2 Å². The van der Waals surface area contributed by atoms with Crippen LogP contribution in [0.1, 0.15) is 19.8 Å². The molecule has 1 unspecified atom stereocenters. The molecule has 1 aliphatic carbocycles. The van der Waals surface area contributed by atoms with E-state index in [9.17, 15) is 4.79 Å². The van der Waals surface area contributed by atoms with E-state index in [1.807, 2.05) is 31.2 Å². The first kappa shape index (κ1) is 15.6. The highest BCUT2D eigenvalue weighted by atomic mass is 16.5. The molecule has 0 saturated heterocycles. The summed E-state index contributed by atoms with van der Waals surface area (Å²) in [5.74, 6) is 2.17. The highest BCUT2D eigenvalue weighted by Gasteiger charge is 2.20. The molecule has 0 spiro atoms. The Labute approximate surface area is 126 Å². The van der Waals surface area contributed by atoms with Gasteiger partial charge in [0.1, 0.15) is 6.10 Å². The number of rotatable bonds is 9. The minimum Gasteiger partial charge on any atom is -0.493 e. The molecule has 1 aliphatic rings. The van der Waals surface area contributed by atoms with Crippen molar-refractivity contribution in [2.45, 2.75) is 25.9 Å². The molecule has 21 heavy (non-hydrogen) atoms. The van der Waals surface area contributed by atoms with Crippen molar-refractivity contribution in [2.75, 3.05) is 26.7 Å². The summed E-state index contributed by atoms with van der Waals surface area (Å²) < 4.78 is 11.0. The van der Waals surface area contributed by atoms with Gasteiger partial charge in [0.25, 0.3) is 0 Å². The lowest BCUT2D eigenvalue weighted by molar-refractivity contribution is -0.120. The van der Waals surface area contributed by atoms with Crippen molar-refractivity contribution in [3.63, 3.8) is 0 Å². The molecule has 1 saturated carbocycles. The van der Waals surface area contributed by atoms with Crippen LogP contribution in [0.4, 0.5) is 0 Å². The van der Waals surface area contributed by atoms with Gasteiger partial charge in [-0.25, -0.2) is 0 Å². The lowest BCUT2D eigenvalue weighted by Crippen LogP contribution is -2.39. The predicted molar refractivity (Wildman–Crippen MR) is 81.7 cm³/mol. The van der Waals surface area contributed by atoms with Gasteiger partial charge >= 0.3 is 0 Å². The molecule has 1 fully saturated rings. The summed E-state index contributed by atoms with van der Waals surface area (Å²) in [6.45, 7) is 3.71. The van der Waals surface area contributed by atoms with Gasteiger partial charge in [-0.1, -0.05) is 12.1 Å². The third-order valence-electron chi connectivity index (χ3n) is 3.40. The van der Waals surface area contributed by atoms with Crippen molar-refractivity contribution in [3.05, 3.63) is 24.3 Å². The molecule has 0 radical (unpaired) electrons. The molecule has 0 heterocycles.